The molecule has 0 aliphatic rings. The average molecular weight is 364 g/mol. The third-order valence-electron chi connectivity index (χ3n) is 3.13. The summed E-state index contributed by atoms with van der Waals surface area (Å²) >= 11 is 9.55. The van der Waals surface area contributed by atoms with E-state index in [0.717, 1.165) is 21.4 Å². The molecule has 3 nitrogen and oxygen atoms in total. The van der Waals surface area contributed by atoms with Crippen LogP contribution in [-0.4, -0.2) is 14.7 Å². The molecule has 1 N–H and O–H groups in total. The molecular weight excluding hydrogens is 352 g/mol. The molecule has 21 heavy (non-hydrogen) atoms. The normalized spacial score (nSPS) is 10.8. The van der Waals surface area contributed by atoms with Gasteiger partial charge in [0, 0.05) is 34.0 Å². The highest BCUT2D eigenvalue weighted by Crippen LogP contribution is 2.27. The summed E-state index contributed by atoms with van der Waals surface area (Å²) in [6.07, 6.45) is 3.70. The smallest absolute Gasteiger partial charge is 0.140 e. The van der Waals surface area contributed by atoms with Crippen molar-refractivity contribution in [3.63, 3.8) is 0 Å². The van der Waals surface area contributed by atoms with Crippen LogP contribution in [0.4, 0.5) is 0 Å². The first-order valence-corrected chi connectivity index (χ1v) is 7.54. The summed E-state index contributed by atoms with van der Waals surface area (Å²) in [5.41, 5.74) is 2.05. The summed E-state index contributed by atoms with van der Waals surface area (Å²) < 4.78 is 2.97. The fourth-order valence-electron chi connectivity index (χ4n) is 2.18. The van der Waals surface area contributed by atoms with Crippen molar-refractivity contribution in [1.82, 2.24) is 9.55 Å². The van der Waals surface area contributed by atoms with Gasteiger partial charge in [-0.3, -0.25) is 0 Å². The Labute approximate surface area is 136 Å². The average Bonchev–Trinajstić information content (AvgIpc) is 2.88. The summed E-state index contributed by atoms with van der Waals surface area (Å²) in [7, 11) is 0. The number of hydrogen-bond acceptors (Lipinski definition) is 2. The molecule has 3 aromatic rings. The van der Waals surface area contributed by atoms with Crippen molar-refractivity contribution in [2.45, 2.75) is 6.54 Å². The maximum absolute atomic E-state index is 9.34. The summed E-state index contributed by atoms with van der Waals surface area (Å²) in [5.74, 6) is 1.12. The molecular formula is C16H12BrClN2O. The molecule has 0 spiro atoms. The predicted octanol–water partition coefficient (Wildman–Crippen LogP) is 4.72. The lowest BCUT2D eigenvalue weighted by Gasteiger charge is -2.09. The molecule has 106 valence electrons. The zero-order valence-electron chi connectivity index (χ0n) is 11.0. The topological polar surface area (TPSA) is 38.0 Å². The van der Waals surface area contributed by atoms with Gasteiger partial charge < -0.3 is 9.67 Å². The number of benzene rings is 2. The van der Waals surface area contributed by atoms with Gasteiger partial charge in [0.25, 0.3) is 0 Å². The van der Waals surface area contributed by atoms with E-state index < -0.39 is 0 Å². The van der Waals surface area contributed by atoms with Gasteiger partial charge in [-0.05, 0) is 35.9 Å². The van der Waals surface area contributed by atoms with Crippen LogP contribution in [-0.2, 0) is 6.54 Å². The minimum Gasteiger partial charge on any atom is -0.508 e. The van der Waals surface area contributed by atoms with Crippen molar-refractivity contribution in [3.05, 3.63) is 69.9 Å². The van der Waals surface area contributed by atoms with Gasteiger partial charge >= 0.3 is 0 Å². The monoisotopic (exact) mass is 362 g/mol. The first-order valence-electron chi connectivity index (χ1n) is 6.37. The van der Waals surface area contributed by atoms with Crippen molar-refractivity contribution in [2.24, 2.45) is 0 Å². The van der Waals surface area contributed by atoms with E-state index in [9.17, 15) is 5.11 Å². The van der Waals surface area contributed by atoms with E-state index in [1.807, 2.05) is 41.1 Å². The molecule has 5 heteroatoms. The van der Waals surface area contributed by atoms with E-state index in [4.69, 9.17) is 11.6 Å². The Morgan fingerprint density at radius 3 is 2.62 bits per heavy atom. The van der Waals surface area contributed by atoms with Gasteiger partial charge in [0.1, 0.15) is 11.6 Å². The zero-order valence-corrected chi connectivity index (χ0v) is 13.3. The van der Waals surface area contributed by atoms with Gasteiger partial charge in [-0.25, -0.2) is 4.98 Å². The Bertz CT molecular complexity index is 748. The number of nitrogens with zero attached hydrogens (tertiary/aromatic N) is 2. The Hall–Kier alpha value is -1.78. The number of rotatable bonds is 3. The van der Waals surface area contributed by atoms with Crippen LogP contribution in [0.2, 0.25) is 5.02 Å². The second-order valence-corrected chi connectivity index (χ2v) is 6.06. The molecule has 0 radical (unpaired) electrons. The maximum atomic E-state index is 9.34. The summed E-state index contributed by atoms with van der Waals surface area (Å²) in [6, 6.07) is 12.9. The molecule has 0 bridgehead atoms. The molecule has 0 aliphatic heterocycles. The van der Waals surface area contributed by atoms with E-state index in [0.29, 0.717) is 11.6 Å². The number of phenols is 1. The van der Waals surface area contributed by atoms with Crippen molar-refractivity contribution in [3.8, 4) is 17.1 Å². The lowest BCUT2D eigenvalue weighted by atomic mass is 10.2. The zero-order chi connectivity index (χ0) is 14.8. The number of aromatic hydroxyl groups is 1. The van der Waals surface area contributed by atoms with Gasteiger partial charge in [0.15, 0.2) is 0 Å². The van der Waals surface area contributed by atoms with E-state index in [2.05, 4.69) is 20.9 Å². The number of hydrogen-bond donors (Lipinski definition) is 1. The quantitative estimate of drug-likeness (QED) is 0.731. The third-order valence-corrected chi connectivity index (χ3v) is 3.80. The Morgan fingerprint density at radius 2 is 1.90 bits per heavy atom. The maximum Gasteiger partial charge on any atom is 0.140 e. The highest BCUT2D eigenvalue weighted by Gasteiger charge is 2.08. The Balaban J connectivity index is 1.95. The summed E-state index contributed by atoms with van der Waals surface area (Å²) in [5, 5.41) is 10.0. The van der Waals surface area contributed by atoms with Crippen molar-refractivity contribution in [1.29, 1.82) is 0 Å². The fraction of sp³-hybridized carbons (Fsp3) is 0.0625. The molecule has 0 fully saturated rings. The minimum atomic E-state index is 0.267. The van der Waals surface area contributed by atoms with Crippen LogP contribution >= 0.6 is 27.5 Å². The van der Waals surface area contributed by atoms with Gasteiger partial charge in [-0.1, -0.05) is 39.7 Å². The number of aromatic nitrogens is 2. The van der Waals surface area contributed by atoms with Crippen molar-refractivity contribution in [2.75, 3.05) is 0 Å². The minimum absolute atomic E-state index is 0.267. The molecule has 0 amide bonds. The highest BCUT2D eigenvalue weighted by atomic mass is 79.9. The van der Waals surface area contributed by atoms with Crippen LogP contribution in [0, 0.1) is 0 Å². The molecule has 0 atom stereocenters. The highest BCUT2D eigenvalue weighted by molar-refractivity contribution is 9.10. The van der Waals surface area contributed by atoms with Crippen LogP contribution in [0.1, 0.15) is 5.56 Å². The lowest BCUT2D eigenvalue weighted by Crippen LogP contribution is -2.01. The molecule has 0 unspecified atom stereocenters. The van der Waals surface area contributed by atoms with Crippen molar-refractivity contribution >= 4 is 27.5 Å². The molecule has 1 heterocycles. The van der Waals surface area contributed by atoms with Crippen LogP contribution in [0.15, 0.2) is 59.3 Å². The van der Waals surface area contributed by atoms with Crippen LogP contribution in [0.25, 0.3) is 11.4 Å². The van der Waals surface area contributed by atoms with E-state index in [1.54, 1.807) is 18.3 Å². The Kier molecular flexibility index (Phi) is 3.99. The second kappa shape index (κ2) is 5.92. The third kappa shape index (κ3) is 3.28. The van der Waals surface area contributed by atoms with Gasteiger partial charge in [-0.15, -0.1) is 0 Å². The molecule has 0 saturated heterocycles. The largest absolute Gasteiger partial charge is 0.508 e. The second-order valence-electron chi connectivity index (χ2n) is 4.70. The van der Waals surface area contributed by atoms with Crippen LogP contribution in [0.3, 0.4) is 0 Å². The number of phenolic OH excluding ortho intramolecular Hbond substituents is 1. The van der Waals surface area contributed by atoms with Crippen LogP contribution in [0.5, 0.6) is 5.75 Å². The van der Waals surface area contributed by atoms with Gasteiger partial charge in [0.2, 0.25) is 0 Å². The standard InChI is InChI=1S/C16H12BrClN2O/c17-13-7-12(8-14(18)9-13)16-19-5-6-20(16)10-11-1-3-15(21)4-2-11/h1-9,21H,10H2. The van der Waals surface area contributed by atoms with Crippen LogP contribution < -0.4 is 0 Å². The van der Waals surface area contributed by atoms with E-state index in [1.165, 1.54) is 0 Å². The molecule has 1 aromatic heterocycles. The molecule has 0 aliphatic carbocycles. The number of halogens is 2. The fourth-order valence-corrected chi connectivity index (χ4v) is 3.04. The first kappa shape index (κ1) is 14.2. The summed E-state index contributed by atoms with van der Waals surface area (Å²) in [6.45, 7) is 0.680. The van der Waals surface area contributed by atoms with Gasteiger partial charge in [-0.2, -0.15) is 0 Å². The molecule has 2 aromatic carbocycles. The molecule has 3 rings (SSSR count). The summed E-state index contributed by atoms with van der Waals surface area (Å²) in [4.78, 5) is 4.42. The predicted molar refractivity (Wildman–Crippen MR) is 87.6 cm³/mol. The van der Waals surface area contributed by atoms with E-state index in [-0.39, 0.29) is 5.75 Å². The van der Waals surface area contributed by atoms with E-state index >= 15 is 0 Å². The SMILES string of the molecule is Oc1ccc(Cn2ccnc2-c2cc(Cl)cc(Br)c2)cc1. The van der Waals surface area contributed by atoms with Gasteiger partial charge in [0.05, 0.1) is 0 Å². The molecule has 0 saturated carbocycles. The lowest BCUT2D eigenvalue weighted by molar-refractivity contribution is 0.475. The Morgan fingerprint density at radius 1 is 1.14 bits per heavy atom. The first-order chi connectivity index (χ1) is 10.1. The van der Waals surface area contributed by atoms with Crippen molar-refractivity contribution < 1.29 is 5.11 Å². The number of imidazole rings is 1.